The average molecular weight is 352 g/mol. The maximum Gasteiger partial charge on any atom is 0.303 e. The molecule has 1 aliphatic rings. The molecule has 1 rings (SSSR count). The Labute approximate surface area is 150 Å². The molecular weight excluding hydrogens is 320 g/mol. The highest BCUT2D eigenvalue weighted by Gasteiger charge is 2.39. The van der Waals surface area contributed by atoms with Gasteiger partial charge in [-0.05, 0) is 25.7 Å². The second kappa shape index (κ2) is 12.0. The van der Waals surface area contributed by atoms with Crippen molar-refractivity contribution in [2.45, 2.75) is 76.9 Å². The van der Waals surface area contributed by atoms with Gasteiger partial charge in [0.05, 0.1) is 12.2 Å². The summed E-state index contributed by atoms with van der Waals surface area (Å²) in [5.74, 6) is -1.26. The quantitative estimate of drug-likeness (QED) is 0.370. The van der Waals surface area contributed by atoms with Crippen molar-refractivity contribution < 1.29 is 24.9 Å². The molecule has 0 unspecified atom stereocenters. The number of aliphatic hydroxyl groups excluding tert-OH is 2. The van der Waals surface area contributed by atoms with Crippen LogP contribution in [0.5, 0.6) is 0 Å². The van der Waals surface area contributed by atoms with E-state index < -0.39 is 18.2 Å². The molecule has 1 saturated carbocycles. The average Bonchev–Trinajstić information content (AvgIpc) is 2.82. The lowest BCUT2D eigenvalue weighted by Gasteiger charge is -2.16. The molecule has 5 heteroatoms. The fourth-order valence-corrected chi connectivity index (χ4v) is 3.22. The fourth-order valence-electron chi connectivity index (χ4n) is 3.22. The van der Waals surface area contributed by atoms with Crippen LogP contribution in [0.25, 0.3) is 0 Å². The van der Waals surface area contributed by atoms with Crippen LogP contribution in [0.1, 0.15) is 64.7 Å². The van der Waals surface area contributed by atoms with Crippen LogP contribution >= 0.6 is 0 Å². The Balaban J connectivity index is 2.48. The SMILES string of the molecule is CCCCC[C@H](O)/C=C\[C@H]1[C@H](O)CC(=O)[C@@H]1C/C=C\CCCC(=O)O. The minimum atomic E-state index is -0.801. The molecule has 3 N–H and O–H groups in total. The largest absolute Gasteiger partial charge is 0.481 e. The normalized spacial score (nSPS) is 25.2. The maximum atomic E-state index is 12.1. The third kappa shape index (κ3) is 8.45. The summed E-state index contributed by atoms with van der Waals surface area (Å²) in [6.45, 7) is 2.11. The number of allylic oxidation sites excluding steroid dienone is 2. The highest BCUT2D eigenvalue weighted by Crippen LogP contribution is 2.33. The lowest BCUT2D eigenvalue weighted by molar-refractivity contribution is -0.137. The van der Waals surface area contributed by atoms with Gasteiger partial charge in [-0.2, -0.15) is 0 Å². The van der Waals surface area contributed by atoms with Crippen molar-refractivity contribution in [1.29, 1.82) is 0 Å². The zero-order valence-corrected chi connectivity index (χ0v) is 15.1. The Kier molecular flexibility index (Phi) is 10.3. The zero-order chi connectivity index (χ0) is 18.7. The third-order valence-electron chi connectivity index (χ3n) is 4.71. The molecule has 0 spiro atoms. The highest BCUT2D eigenvalue weighted by atomic mass is 16.4. The Morgan fingerprint density at radius 3 is 2.72 bits per heavy atom. The van der Waals surface area contributed by atoms with E-state index in [-0.39, 0.29) is 30.5 Å². The van der Waals surface area contributed by atoms with Gasteiger partial charge < -0.3 is 15.3 Å². The van der Waals surface area contributed by atoms with Crippen molar-refractivity contribution in [3.8, 4) is 0 Å². The van der Waals surface area contributed by atoms with Crippen LogP contribution in [0, 0.1) is 11.8 Å². The van der Waals surface area contributed by atoms with E-state index in [1.54, 1.807) is 12.2 Å². The lowest BCUT2D eigenvalue weighted by Crippen LogP contribution is -2.18. The Morgan fingerprint density at radius 1 is 1.28 bits per heavy atom. The number of hydrogen-bond acceptors (Lipinski definition) is 4. The summed E-state index contributed by atoms with van der Waals surface area (Å²) in [6.07, 6.45) is 12.1. The predicted molar refractivity (Wildman–Crippen MR) is 97.1 cm³/mol. The van der Waals surface area contributed by atoms with Gasteiger partial charge >= 0.3 is 5.97 Å². The second-order valence-electron chi connectivity index (χ2n) is 6.86. The van der Waals surface area contributed by atoms with Gasteiger partial charge in [-0.1, -0.05) is 50.5 Å². The summed E-state index contributed by atoms with van der Waals surface area (Å²) in [4.78, 5) is 22.5. The number of carboxylic acid groups (broad SMARTS) is 1. The summed E-state index contributed by atoms with van der Waals surface area (Å²) in [5, 5.41) is 28.7. The smallest absolute Gasteiger partial charge is 0.303 e. The molecule has 0 heterocycles. The first-order valence-electron chi connectivity index (χ1n) is 9.39. The summed E-state index contributed by atoms with van der Waals surface area (Å²) < 4.78 is 0. The van der Waals surface area contributed by atoms with Crippen LogP contribution in [-0.2, 0) is 9.59 Å². The van der Waals surface area contributed by atoms with Crippen molar-refractivity contribution in [1.82, 2.24) is 0 Å². The van der Waals surface area contributed by atoms with Crippen LogP contribution < -0.4 is 0 Å². The van der Waals surface area contributed by atoms with Gasteiger partial charge in [0, 0.05) is 24.7 Å². The third-order valence-corrected chi connectivity index (χ3v) is 4.71. The molecule has 1 aliphatic carbocycles. The number of unbranched alkanes of at least 4 members (excludes halogenated alkanes) is 3. The van der Waals surface area contributed by atoms with Gasteiger partial charge in [0.2, 0.25) is 0 Å². The monoisotopic (exact) mass is 352 g/mol. The fraction of sp³-hybridized carbons (Fsp3) is 0.700. The summed E-state index contributed by atoms with van der Waals surface area (Å²) in [7, 11) is 0. The maximum absolute atomic E-state index is 12.1. The number of aliphatic carboxylic acids is 1. The highest BCUT2D eigenvalue weighted by molar-refractivity contribution is 5.84. The molecule has 4 atom stereocenters. The van der Waals surface area contributed by atoms with Gasteiger partial charge in [-0.3, -0.25) is 9.59 Å². The lowest BCUT2D eigenvalue weighted by atomic mass is 9.90. The van der Waals surface area contributed by atoms with E-state index in [9.17, 15) is 19.8 Å². The number of ketones is 1. The van der Waals surface area contributed by atoms with Crippen molar-refractivity contribution in [3.05, 3.63) is 24.3 Å². The topological polar surface area (TPSA) is 94.8 Å². The Bertz CT molecular complexity index is 469. The van der Waals surface area contributed by atoms with Crippen LogP contribution in [0.4, 0.5) is 0 Å². The summed E-state index contributed by atoms with van der Waals surface area (Å²) in [5.41, 5.74) is 0. The van der Waals surface area contributed by atoms with Crippen LogP contribution in [-0.4, -0.2) is 39.3 Å². The van der Waals surface area contributed by atoms with Crippen molar-refractivity contribution >= 4 is 11.8 Å². The number of carbonyl (C=O) groups is 2. The summed E-state index contributed by atoms with van der Waals surface area (Å²) >= 11 is 0. The minimum absolute atomic E-state index is 0.0535. The molecule has 0 aromatic heterocycles. The molecule has 5 nitrogen and oxygen atoms in total. The van der Waals surface area contributed by atoms with Crippen molar-refractivity contribution in [2.24, 2.45) is 11.8 Å². The molecule has 142 valence electrons. The number of rotatable bonds is 12. The molecule has 0 amide bonds. The van der Waals surface area contributed by atoms with E-state index in [0.717, 1.165) is 19.3 Å². The predicted octanol–water partition coefficient (Wildman–Crippen LogP) is 3.25. The van der Waals surface area contributed by atoms with Gasteiger partial charge in [0.1, 0.15) is 5.78 Å². The van der Waals surface area contributed by atoms with Crippen molar-refractivity contribution in [2.75, 3.05) is 0 Å². The van der Waals surface area contributed by atoms with E-state index in [4.69, 9.17) is 5.11 Å². The first kappa shape index (κ1) is 21.6. The Morgan fingerprint density at radius 2 is 2.04 bits per heavy atom. The molecular formula is C20H32O5. The molecule has 0 aliphatic heterocycles. The summed E-state index contributed by atoms with van der Waals surface area (Å²) in [6, 6.07) is 0. The number of aliphatic hydroxyl groups is 2. The van der Waals surface area contributed by atoms with E-state index >= 15 is 0 Å². The van der Waals surface area contributed by atoms with Gasteiger partial charge in [0.25, 0.3) is 0 Å². The number of carboxylic acids is 1. The van der Waals surface area contributed by atoms with E-state index in [0.29, 0.717) is 25.7 Å². The molecule has 0 bridgehead atoms. The molecule has 25 heavy (non-hydrogen) atoms. The van der Waals surface area contributed by atoms with Crippen LogP contribution in [0.2, 0.25) is 0 Å². The second-order valence-corrected chi connectivity index (χ2v) is 6.86. The number of carbonyl (C=O) groups excluding carboxylic acids is 1. The molecule has 1 fully saturated rings. The first-order valence-corrected chi connectivity index (χ1v) is 9.39. The molecule has 0 saturated heterocycles. The first-order chi connectivity index (χ1) is 12.0. The van der Waals surface area contributed by atoms with E-state index in [1.807, 2.05) is 12.2 Å². The van der Waals surface area contributed by atoms with E-state index in [2.05, 4.69) is 6.92 Å². The molecule has 0 aromatic rings. The van der Waals surface area contributed by atoms with Gasteiger partial charge in [0.15, 0.2) is 0 Å². The number of hydrogen-bond donors (Lipinski definition) is 3. The standard InChI is InChI=1S/C20H32O5/c1-2-3-6-9-15(21)12-13-17-16(18(22)14-19(17)23)10-7-4-5-8-11-20(24)25/h4,7,12-13,15-17,19,21,23H,2-3,5-6,8-11,14H2,1H3,(H,24,25)/b7-4-,13-12-/t15-,16+,17+,19+/m0/s1. The van der Waals surface area contributed by atoms with E-state index in [1.165, 1.54) is 0 Å². The van der Waals surface area contributed by atoms with Gasteiger partial charge in [-0.25, -0.2) is 0 Å². The molecule has 0 aromatic carbocycles. The molecule has 0 radical (unpaired) electrons. The van der Waals surface area contributed by atoms with Crippen LogP contribution in [0.3, 0.4) is 0 Å². The number of Topliss-reactive ketones (excluding diaryl/α,β-unsaturated/α-hetero) is 1. The Hall–Kier alpha value is -1.46. The zero-order valence-electron chi connectivity index (χ0n) is 15.1. The minimum Gasteiger partial charge on any atom is -0.481 e. The van der Waals surface area contributed by atoms with Gasteiger partial charge in [-0.15, -0.1) is 0 Å². The van der Waals surface area contributed by atoms with Crippen LogP contribution in [0.15, 0.2) is 24.3 Å². The van der Waals surface area contributed by atoms with Crippen molar-refractivity contribution in [3.63, 3.8) is 0 Å².